The molecule has 11 heteroatoms. The highest BCUT2D eigenvalue weighted by Gasteiger charge is 2.28. The summed E-state index contributed by atoms with van der Waals surface area (Å²) in [5, 5.41) is 11.7. The highest BCUT2D eigenvalue weighted by Crippen LogP contribution is 2.38. The van der Waals surface area contributed by atoms with Gasteiger partial charge in [-0.25, -0.2) is 9.59 Å². The highest BCUT2D eigenvalue weighted by atomic mass is 32.2. The predicted molar refractivity (Wildman–Crippen MR) is 144 cm³/mol. The van der Waals surface area contributed by atoms with E-state index in [0.29, 0.717) is 10.7 Å². The summed E-state index contributed by atoms with van der Waals surface area (Å²) in [7, 11) is 2.57. The summed E-state index contributed by atoms with van der Waals surface area (Å²) in [4.78, 5) is 26.1. The molecule has 188 valence electrons. The number of ether oxygens (including phenoxy) is 2. The van der Waals surface area contributed by atoms with E-state index in [1.165, 1.54) is 31.5 Å². The van der Waals surface area contributed by atoms with Crippen LogP contribution >= 0.6 is 34.4 Å². The number of nitrogens with two attached hydrogens (primary N) is 1. The first kappa shape index (κ1) is 25.9. The van der Waals surface area contributed by atoms with Gasteiger partial charge in [-0.3, -0.25) is 4.57 Å². The molecule has 3 aromatic heterocycles. The quantitative estimate of drug-likeness (QED) is 0.196. The summed E-state index contributed by atoms with van der Waals surface area (Å²) in [5.74, 6) is -0.182. The molecule has 8 nitrogen and oxygen atoms in total. The molecule has 0 radical (unpaired) electrons. The van der Waals surface area contributed by atoms with Crippen LogP contribution in [0.4, 0.5) is 5.00 Å². The molecule has 4 aromatic rings. The van der Waals surface area contributed by atoms with Crippen LogP contribution in [0.15, 0.2) is 46.9 Å². The van der Waals surface area contributed by atoms with E-state index in [1.807, 2.05) is 22.1 Å². The fourth-order valence-electron chi connectivity index (χ4n) is 3.70. The molecule has 2 N–H and O–H groups in total. The maximum absolute atomic E-state index is 12.5. The lowest BCUT2D eigenvalue weighted by Gasteiger charge is -2.11. The Kier molecular flexibility index (Phi) is 8.44. The van der Waals surface area contributed by atoms with Crippen molar-refractivity contribution < 1.29 is 19.1 Å². The molecule has 4 rings (SSSR count). The van der Waals surface area contributed by atoms with Gasteiger partial charge in [-0.2, -0.15) is 0 Å². The first-order chi connectivity index (χ1) is 17.5. The number of carbonyl (C=O) groups is 2. The molecule has 0 atom stereocenters. The van der Waals surface area contributed by atoms with Crippen LogP contribution in [-0.2, 0) is 21.6 Å². The molecule has 0 aliphatic rings. The molecule has 0 spiro atoms. The number of nitrogen functional groups attached to an aromatic ring is 1. The first-order valence-electron chi connectivity index (χ1n) is 11.3. The molecule has 1 aromatic carbocycles. The van der Waals surface area contributed by atoms with E-state index in [2.05, 4.69) is 41.4 Å². The van der Waals surface area contributed by atoms with Gasteiger partial charge in [0.15, 0.2) is 11.0 Å². The number of rotatable bonds is 10. The largest absolute Gasteiger partial charge is 0.465 e. The lowest BCUT2D eigenvalue weighted by molar-refractivity contribution is 0.0601. The number of carbonyl (C=O) groups excluding carboxylic acids is 2. The second-order valence-corrected chi connectivity index (χ2v) is 10.8. The van der Waals surface area contributed by atoms with Crippen LogP contribution in [0.25, 0.3) is 16.4 Å². The average Bonchev–Trinajstić information content (AvgIpc) is 3.64. The third-order valence-electron chi connectivity index (χ3n) is 5.53. The van der Waals surface area contributed by atoms with Crippen LogP contribution in [0.1, 0.15) is 50.9 Å². The van der Waals surface area contributed by atoms with Gasteiger partial charge in [0.2, 0.25) is 0 Å². The van der Waals surface area contributed by atoms with Gasteiger partial charge in [-0.05, 0) is 42.0 Å². The number of hydrogen-bond donors (Lipinski definition) is 1. The lowest BCUT2D eigenvalue weighted by Crippen LogP contribution is -2.09. The number of aryl methyl sites for hydroxylation is 1. The lowest BCUT2D eigenvalue weighted by atomic mass is 10.1. The summed E-state index contributed by atoms with van der Waals surface area (Å²) < 4.78 is 11.8. The molecule has 0 amide bonds. The minimum Gasteiger partial charge on any atom is -0.465 e. The fraction of sp³-hybridized carbons (Fsp3) is 0.280. The number of methoxy groups -OCH3 is 2. The standard InChI is InChI=1S/C25H26N4O4S3/c1-4-5-7-15-9-11-16(12-10-15)29-22(18-8-6-13-34-18)27-28-25(29)35-14-17-19(23(30)32-2)21(26)36-20(17)24(31)33-3/h6,8-13H,4-5,7,14,26H2,1-3H3. The molecule has 0 fully saturated rings. The number of nitrogens with zero attached hydrogens (tertiary/aromatic N) is 3. The van der Waals surface area contributed by atoms with Crippen LogP contribution in [0.3, 0.4) is 0 Å². The Bertz CT molecular complexity index is 1340. The average molecular weight is 543 g/mol. The number of aromatic nitrogens is 3. The highest BCUT2D eigenvalue weighted by molar-refractivity contribution is 7.98. The van der Waals surface area contributed by atoms with Crippen molar-refractivity contribution in [3.63, 3.8) is 0 Å². The minimum absolute atomic E-state index is 0.181. The Hall–Kier alpha value is -3.15. The van der Waals surface area contributed by atoms with E-state index in [0.717, 1.165) is 47.0 Å². The van der Waals surface area contributed by atoms with Crippen LogP contribution in [0.5, 0.6) is 0 Å². The van der Waals surface area contributed by atoms with Gasteiger partial charge in [-0.1, -0.05) is 43.3 Å². The molecule has 0 bridgehead atoms. The van der Waals surface area contributed by atoms with Crippen LogP contribution in [-0.4, -0.2) is 40.9 Å². The summed E-state index contributed by atoms with van der Waals surface area (Å²) in [6, 6.07) is 12.4. The van der Waals surface area contributed by atoms with Gasteiger partial charge in [-0.15, -0.1) is 32.9 Å². The van der Waals surface area contributed by atoms with E-state index in [1.54, 1.807) is 11.3 Å². The second kappa shape index (κ2) is 11.7. The normalized spacial score (nSPS) is 11.0. The van der Waals surface area contributed by atoms with Gasteiger partial charge in [0.05, 0.1) is 24.7 Å². The molecule has 3 heterocycles. The number of benzene rings is 1. The first-order valence-corrected chi connectivity index (χ1v) is 14.0. The summed E-state index contributed by atoms with van der Waals surface area (Å²) in [6.07, 6.45) is 3.32. The van der Waals surface area contributed by atoms with Crippen molar-refractivity contribution >= 4 is 51.4 Å². The zero-order chi connectivity index (χ0) is 25.7. The van der Waals surface area contributed by atoms with E-state index in [-0.39, 0.29) is 21.2 Å². The minimum atomic E-state index is -0.599. The predicted octanol–water partition coefficient (Wildman–Crippen LogP) is 5.85. The van der Waals surface area contributed by atoms with Gasteiger partial charge < -0.3 is 15.2 Å². The zero-order valence-corrected chi connectivity index (χ0v) is 22.6. The van der Waals surface area contributed by atoms with Gasteiger partial charge in [0, 0.05) is 17.0 Å². The Morgan fingerprint density at radius 2 is 1.83 bits per heavy atom. The van der Waals surface area contributed by atoms with Crippen LogP contribution < -0.4 is 5.73 Å². The molecule has 36 heavy (non-hydrogen) atoms. The Morgan fingerprint density at radius 1 is 1.08 bits per heavy atom. The summed E-state index contributed by atoms with van der Waals surface area (Å²) in [6.45, 7) is 2.18. The molecule has 0 aliphatic heterocycles. The fourth-order valence-corrected chi connectivity index (χ4v) is 6.46. The molecule has 0 unspecified atom stereocenters. The number of anilines is 1. The maximum atomic E-state index is 12.5. The van der Waals surface area contributed by atoms with Gasteiger partial charge >= 0.3 is 11.9 Å². The molecular weight excluding hydrogens is 517 g/mol. The monoisotopic (exact) mass is 542 g/mol. The van der Waals surface area contributed by atoms with E-state index < -0.39 is 11.9 Å². The van der Waals surface area contributed by atoms with Crippen molar-refractivity contribution in [3.8, 4) is 16.4 Å². The van der Waals surface area contributed by atoms with Crippen molar-refractivity contribution in [3.05, 3.63) is 63.3 Å². The number of hydrogen-bond acceptors (Lipinski definition) is 10. The Balaban J connectivity index is 1.72. The van der Waals surface area contributed by atoms with E-state index >= 15 is 0 Å². The number of thioether (sulfide) groups is 1. The van der Waals surface area contributed by atoms with Gasteiger partial charge in [0.25, 0.3) is 0 Å². The summed E-state index contributed by atoms with van der Waals surface area (Å²) >= 11 is 3.95. The third kappa shape index (κ3) is 5.32. The maximum Gasteiger partial charge on any atom is 0.348 e. The van der Waals surface area contributed by atoms with Gasteiger partial charge in [0.1, 0.15) is 9.88 Å². The topological polar surface area (TPSA) is 109 Å². The Labute approximate surface area is 221 Å². The van der Waals surface area contributed by atoms with Crippen molar-refractivity contribution in [2.45, 2.75) is 37.1 Å². The van der Waals surface area contributed by atoms with Crippen LogP contribution in [0.2, 0.25) is 0 Å². The third-order valence-corrected chi connectivity index (χ3v) is 8.39. The second-order valence-electron chi connectivity index (χ2n) is 7.81. The smallest absolute Gasteiger partial charge is 0.348 e. The van der Waals surface area contributed by atoms with Crippen molar-refractivity contribution in [2.75, 3.05) is 20.0 Å². The van der Waals surface area contributed by atoms with Crippen molar-refractivity contribution in [1.29, 1.82) is 0 Å². The molecule has 0 aliphatic carbocycles. The van der Waals surface area contributed by atoms with Crippen molar-refractivity contribution in [1.82, 2.24) is 14.8 Å². The number of esters is 2. The number of unbranched alkanes of at least 4 members (excludes halogenated alkanes) is 1. The zero-order valence-electron chi connectivity index (χ0n) is 20.1. The van der Waals surface area contributed by atoms with E-state index in [9.17, 15) is 9.59 Å². The summed E-state index contributed by atoms with van der Waals surface area (Å²) in [5.41, 5.74) is 8.93. The van der Waals surface area contributed by atoms with E-state index in [4.69, 9.17) is 15.2 Å². The SMILES string of the molecule is CCCCc1ccc(-n2c(SCc3c(C(=O)OC)sc(N)c3C(=O)OC)nnc2-c2cccs2)cc1. The molecular formula is C25H26N4O4S3. The number of thiophene rings is 2. The van der Waals surface area contributed by atoms with Crippen LogP contribution in [0, 0.1) is 0 Å². The Morgan fingerprint density at radius 3 is 2.47 bits per heavy atom. The van der Waals surface area contributed by atoms with Crippen molar-refractivity contribution in [2.24, 2.45) is 0 Å². The molecule has 0 saturated heterocycles. The molecule has 0 saturated carbocycles.